The van der Waals surface area contributed by atoms with E-state index in [1.165, 1.54) is 97.5 Å². The van der Waals surface area contributed by atoms with Crippen LogP contribution >= 0.6 is 11.8 Å². The first-order valence-corrected chi connectivity index (χ1v) is 24.0. The topological polar surface area (TPSA) is 14.8 Å². The Bertz CT molecular complexity index is 3970. The van der Waals surface area contributed by atoms with Gasteiger partial charge in [-0.2, -0.15) is 0 Å². The second-order valence-corrected chi connectivity index (χ2v) is 19.6. The Morgan fingerprint density at radius 1 is 0.313 bits per heavy atom. The highest BCUT2D eigenvalue weighted by atomic mass is 32.2. The molecule has 0 N–H and O–H groups in total. The molecule has 0 saturated heterocycles. The van der Waals surface area contributed by atoms with Crippen LogP contribution in [0.2, 0.25) is 0 Å². The third-order valence-corrected chi connectivity index (χ3v) is 15.6. The van der Waals surface area contributed by atoms with Gasteiger partial charge in [-0.15, -0.1) is 0 Å². The van der Waals surface area contributed by atoms with Crippen LogP contribution in [0.25, 0.3) is 105 Å². The lowest BCUT2D eigenvalue weighted by Crippen LogP contribution is -2.24. The summed E-state index contributed by atoms with van der Waals surface area (Å²) in [5.74, 6) is 0. The zero-order chi connectivity index (χ0) is 44.4. The molecule has 4 heteroatoms. The lowest BCUT2D eigenvalue weighted by Gasteiger charge is -2.35. The van der Waals surface area contributed by atoms with Crippen LogP contribution in [0.5, 0.6) is 0 Å². The van der Waals surface area contributed by atoms with Crippen molar-refractivity contribution in [3.63, 3.8) is 0 Å². The van der Waals surface area contributed by atoms with E-state index in [0.717, 1.165) is 28.2 Å². The Morgan fingerprint density at radius 3 is 1.33 bits per heavy atom. The molecular formula is C63H43N3S. The lowest BCUT2D eigenvalue weighted by molar-refractivity contribution is 0.611. The first-order chi connectivity index (χ1) is 33.0. The lowest BCUT2D eigenvalue weighted by atomic mass is 9.76. The summed E-state index contributed by atoms with van der Waals surface area (Å²) < 4.78 is 7.42. The van der Waals surface area contributed by atoms with Gasteiger partial charge in [-0.1, -0.05) is 165 Å². The number of benzene rings is 10. The minimum atomic E-state index is -0.241. The first-order valence-electron chi connectivity index (χ1n) is 23.2. The summed E-state index contributed by atoms with van der Waals surface area (Å²) >= 11 is 1.90. The van der Waals surface area contributed by atoms with E-state index in [1.54, 1.807) is 0 Å². The highest BCUT2D eigenvalue weighted by Crippen LogP contribution is 2.53. The standard InChI is InChI=1S/C63H43N3S/c1-63(2)53-24-12-16-28-59(53)67-60-34-33-52-49-23-11-15-27-56(49)66(62(52)61(60)63)46-36-42(40-29-31-50-47-21-9-13-25-54(47)64(57(50)38-40)44-17-5-3-6-18-44)35-43(37-46)41-30-32-51-48-22-10-14-26-55(48)65(58(51)39-41)45-19-7-4-8-20-45/h3-39H,1-2H3. The van der Waals surface area contributed by atoms with Gasteiger partial charge in [0.25, 0.3) is 0 Å². The van der Waals surface area contributed by atoms with Crippen molar-refractivity contribution in [2.75, 3.05) is 0 Å². The summed E-state index contributed by atoms with van der Waals surface area (Å²) in [7, 11) is 0. The van der Waals surface area contributed by atoms with Crippen LogP contribution in [0.1, 0.15) is 25.0 Å². The Morgan fingerprint density at radius 2 is 0.761 bits per heavy atom. The zero-order valence-electron chi connectivity index (χ0n) is 37.1. The van der Waals surface area contributed by atoms with Gasteiger partial charge in [0.05, 0.1) is 33.1 Å². The summed E-state index contributed by atoms with van der Waals surface area (Å²) in [6.45, 7) is 4.82. The summed E-state index contributed by atoms with van der Waals surface area (Å²) in [4.78, 5) is 2.65. The van der Waals surface area contributed by atoms with Gasteiger partial charge in [-0.3, -0.25) is 0 Å². The van der Waals surface area contributed by atoms with Crippen LogP contribution in [0.4, 0.5) is 0 Å². The van der Waals surface area contributed by atoms with Crippen molar-refractivity contribution in [3.8, 4) is 39.3 Å². The van der Waals surface area contributed by atoms with Crippen molar-refractivity contribution in [1.29, 1.82) is 0 Å². The predicted octanol–water partition coefficient (Wildman–Crippen LogP) is 17.1. The van der Waals surface area contributed by atoms with Gasteiger partial charge in [-0.05, 0) is 113 Å². The van der Waals surface area contributed by atoms with Gasteiger partial charge >= 0.3 is 0 Å². The van der Waals surface area contributed by atoms with E-state index in [1.807, 2.05) is 11.8 Å². The molecule has 0 fully saturated rings. The highest BCUT2D eigenvalue weighted by molar-refractivity contribution is 7.99. The molecule has 0 amide bonds. The first kappa shape index (κ1) is 38.2. The molecule has 13 aromatic rings. The number of hydrogen-bond acceptors (Lipinski definition) is 1. The average molecular weight is 874 g/mol. The van der Waals surface area contributed by atoms with Crippen molar-refractivity contribution in [1.82, 2.24) is 13.7 Å². The molecule has 0 unspecified atom stereocenters. The van der Waals surface area contributed by atoms with Gasteiger partial charge in [0.15, 0.2) is 0 Å². The average Bonchev–Trinajstić information content (AvgIpc) is 4.02. The molecule has 14 rings (SSSR count). The molecule has 0 radical (unpaired) electrons. The van der Waals surface area contributed by atoms with Crippen molar-refractivity contribution >= 4 is 77.2 Å². The highest BCUT2D eigenvalue weighted by Gasteiger charge is 2.36. The normalized spacial score (nSPS) is 13.3. The molecule has 4 heterocycles. The maximum Gasteiger partial charge on any atom is 0.0593 e. The summed E-state index contributed by atoms with van der Waals surface area (Å²) in [6.07, 6.45) is 0. The van der Waals surface area contributed by atoms with E-state index >= 15 is 0 Å². The van der Waals surface area contributed by atoms with E-state index in [2.05, 4.69) is 252 Å². The molecule has 1 aliphatic heterocycles. The van der Waals surface area contributed by atoms with Crippen molar-refractivity contribution < 1.29 is 0 Å². The number of nitrogens with zero attached hydrogens (tertiary/aromatic N) is 3. The molecule has 3 nitrogen and oxygen atoms in total. The van der Waals surface area contributed by atoms with Crippen LogP contribution in [0.15, 0.2) is 234 Å². The van der Waals surface area contributed by atoms with Gasteiger partial charge < -0.3 is 13.7 Å². The van der Waals surface area contributed by atoms with Gasteiger partial charge in [0.1, 0.15) is 0 Å². The van der Waals surface area contributed by atoms with Crippen LogP contribution in [-0.4, -0.2) is 13.7 Å². The Labute approximate surface area is 392 Å². The number of rotatable bonds is 5. The number of hydrogen-bond donors (Lipinski definition) is 0. The van der Waals surface area contributed by atoms with E-state index in [0.29, 0.717) is 0 Å². The van der Waals surface area contributed by atoms with E-state index in [-0.39, 0.29) is 5.41 Å². The molecule has 67 heavy (non-hydrogen) atoms. The number of fused-ring (bicyclic) bond motifs is 12. The van der Waals surface area contributed by atoms with E-state index in [9.17, 15) is 0 Å². The van der Waals surface area contributed by atoms with E-state index < -0.39 is 0 Å². The molecular weight excluding hydrogens is 831 g/mol. The summed E-state index contributed by atoms with van der Waals surface area (Å²) in [6, 6.07) is 83.2. The van der Waals surface area contributed by atoms with Crippen molar-refractivity contribution in [2.45, 2.75) is 29.1 Å². The molecule has 0 bridgehead atoms. The maximum atomic E-state index is 2.58. The quantitative estimate of drug-likeness (QED) is 0.168. The van der Waals surface area contributed by atoms with Gasteiger partial charge in [0, 0.05) is 70.1 Å². The summed E-state index contributed by atoms with van der Waals surface area (Å²) in [5.41, 5.74) is 17.9. The Kier molecular flexibility index (Phi) is 8.26. The largest absolute Gasteiger partial charge is 0.309 e. The zero-order valence-corrected chi connectivity index (χ0v) is 37.9. The van der Waals surface area contributed by atoms with Gasteiger partial charge in [0.2, 0.25) is 0 Å². The molecule has 0 spiro atoms. The molecule has 0 atom stereocenters. The number of para-hydroxylation sites is 5. The maximum absolute atomic E-state index is 2.58. The fourth-order valence-electron chi connectivity index (χ4n) is 11.4. The SMILES string of the molecule is CC1(C)c2ccccc2Sc2ccc3c4ccccc4n(-c4cc(-c5ccc6c7ccccc7n(-c7ccccc7)c6c5)cc(-c5ccc6c7ccccc7n(-c7ccccc7)c6c5)c4)c3c21. The van der Waals surface area contributed by atoms with Gasteiger partial charge in [-0.25, -0.2) is 0 Å². The number of aromatic nitrogens is 3. The summed E-state index contributed by atoms with van der Waals surface area (Å²) in [5, 5.41) is 7.52. The molecule has 0 saturated carbocycles. The molecule has 316 valence electrons. The Balaban J connectivity index is 1.07. The smallest absolute Gasteiger partial charge is 0.0593 e. The van der Waals surface area contributed by atoms with Crippen LogP contribution in [0.3, 0.4) is 0 Å². The molecule has 1 aliphatic rings. The van der Waals surface area contributed by atoms with Crippen LogP contribution in [0, 0.1) is 0 Å². The molecule has 0 aliphatic carbocycles. The van der Waals surface area contributed by atoms with Crippen molar-refractivity contribution in [2.24, 2.45) is 0 Å². The van der Waals surface area contributed by atoms with Crippen molar-refractivity contribution in [3.05, 3.63) is 236 Å². The monoisotopic (exact) mass is 873 g/mol. The minimum absolute atomic E-state index is 0.241. The third-order valence-electron chi connectivity index (χ3n) is 14.4. The van der Waals surface area contributed by atoms with E-state index in [4.69, 9.17) is 0 Å². The Hall–Kier alpha value is -8.05. The minimum Gasteiger partial charge on any atom is -0.309 e. The second-order valence-electron chi connectivity index (χ2n) is 18.5. The predicted molar refractivity (Wildman–Crippen MR) is 283 cm³/mol. The molecule has 3 aromatic heterocycles. The second kappa shape index (κ2) is 14.5. The molecule has 10 aromatic carbocycles. The fourth-order valence-corrected chi connectivity index (χ4v) is 12.8. The third kappa shape index (κ3) is 5.66. The fraction of sp³-hybridized carbons (Fsp3) is 0.0476. The van der Waals surface area contributed by atoms with Crippen LogP contribution < -0.4 is 0 Å². The van der Waals surface area contributed by atoms with Crippen LogP contribution in [-0.2, 0) is 5.41 Å².